The number of hydrogen-bond acceptors (Lipinski definition) is 5. The SMILES string of the molecule is COC(=O)CCCNC(C)c1c(C)nc(C)[nH]c1=O. The Bertz CT molecular complexity index is 496. The van der Waals surface area contributed by atoms with E-state index >= 15 is 0 Å². The van der Waals surface area contributed by atoms with Crippen LogP contribution in [0.15, 0.2) is 4.79 Å². The molecule has 1 rings (SSSR count). The lowest BCUT2D eigenvalue weighted by Gasteiger charge is -2.15. The van der Waals surface area contributed by atoms with Crippen molar-refractivity contribution in [2.75, 3.05) is 13.7 Å². The summed E-state index contributed by atoms with van der Waals surface area (Å²) in [5, 5.41) is 3.21. The molecule has 1 aromatic rings. The van der Waals surface area contributed by atoms with E-state index in [0.717, 1.165) is 5.69 Å². The van der Waals surface area contributed by atoms with Crippen molar-refractivity contribution < 1.29 is 9.53 Å². The van der Waals surface area contributed by atoms with Gasteiger partial charge in [-0.3, -0.25) is 9.59 Å². The summed E-state index contributed by atoms with van der Waals surface area (Å²) in [6.45, 7) is 6.13. The predicted molar refractivity (Wildman–Crippen MR) is 72.0 cm³/mol. The van der Waals surface area contributed by atoms with Crippen LogP contribution in [0.1, 0.15) is 42.9 Å². The van der Waals surface area contributed by atoms with E-state index in [1.54, 1.807) is 6.92 Å². The molecule has 1 aromatic heterocycles. The molecule has 0 aliphatic rings. The molecular weight excluding hydrogens is 246 g/mol. The number of nitrogens with zero attached hydrogens (tertiary/aromatic N) is 1. The van der Waals surface area contributed by atoms with Crippen LogP contribution in [0.25, 0.3) is 0 Å². The Balaban J connectivity index is 2.57. The fourth-order valence-electron chi connectivity index (χ4n) is 2.00. The molecule has 0 radical (unpaired) electrons. The van der Waals surface area contributed by atoms with Gasteiger partial charge in [-0.05, 0) is 33.7 Å². The van der Waals surface area contributed by atoms with Gasteiger partial charge in [0, 0.05) is 18.2 Å². The van der Waals surface area contributed by atoms with Crippen molar-refractivity contribution in [1.29, 1.82) is 0 Å². The quantitative estimate of drug-likeness (QED) is 0.593. The molecule has 0 saturated carbocycles. The number of carbonyl (C=O) groups is 1. The second-order valence-electron chi connectivity index (χ2n) is 4.51. The van der Waals surface area contributed by atoms with Gasteiger partial charge in [0.05, 0.1) is 12.7 Å². The standard InChI is InChI=1S/C13H21N3O3/c1-8(14-7-5-6-11(17)19-4)12-9(2)15-10(3)16-13(12)18/h8,14H,5-7H2,1-4H3,(H,15,16,18). The van der Waals surface area contributed by atoms with Gasteiger partial charge in [0.2, 0.25) is 0 Å². The molecular formula is C13H21N3O3. The topological polar surface area (TPSA) is 84.1 Å². The highest BCUT2D eigenvalue weighted by Gasteiger charge is 2.14. The Labute approximate surface area is 112 Å². The van der Waals surface area contributed by atoms with Gasteiger partial charge < -0.3 is 15.0 Å². The molecule has 0 aliphatic heterocycles. The Morgan fingerprint density at radius 2 is 2.16 bits per heavy atom. The fraction of sp³-hybridized carbons (Fsp3) is 0.615. The number of aryl methyl sites for hydroxylation is 2. The summed E-state index contributed by atoms with van der Waals surface area (Å²) in [5.41, 5.74) is 1.26. The molecule has 0 fully saturated rings. The summed E-state index contributed by atoms with van der Waals surface area (Å²) < 4.78 is 4.56. The Morgan fingerprint density at radius 3 is 2.74 bits per heavy atom. The number of ether oxygens (including phenoxy) is 1. The maximum atomic E-state index is 11.9. The fourth-order valence-corrected chi connectivity index (χ4v) is 2.00. The largest absolute Gasteiger partial charge is 0.469 e. The molecule has 1 atom stereocenters. The Morgan fingerprint density at radius 1 is 1.47 bits per heavy atom. The van der Waals surface area contributed by atoms with Gasteiger partial charge in [0.15, 0.2) is 0 Å². The van der Waals surface area contributed by atoms with Gasteiger partial charge in [-0.2, -0.15) is 0 Å². The zero-order valence-corrected chi connectivity index (χ0v) is 11.9. The average molecular weight is 267 g/mol. The number of aromatic amines is 1. The first-order valence-corrected chi connectivity index (χ1v) is 6.33. The number of carbonyl (C=O) groups excluding carboxylic acids is 1. The van der Waals surface area contributed by atoms with E-state index in [-0.39, 0.29) is 17.6 Å². The van der Waals surface area contributed by atoms with Crippen molar-refractivity contribution in [3.63, 3.8) is 0 Å². The molecule has 0 bridgehead atoms. The van der Waals surface area contributed by atoms with E-state index in [1.165, 1.54) is 7.11 Å². The van der Waals surface area contributed by atoms with Crippen molar-refractivity contribution in [2.24, 2.45) is 0 Å². The second-order valence-corrected chi connectivity index (χ2v) is 4.51. The van der Waals surface area contributed by atoms with Crippen LogP contribution in [0.5, 0.6) is 0 Å². The van der Waals surface area contributed by atoms with Gasteiger partial charge in [0.1, 0.15) is 5.82 Å². The Kier molecular flexibility index (Phi) is 5.69. The van der Waals surface area contributed by atoms with Crippen molar-refractivity contribution in [2.45, 2.75) is 39.7 Å². The molecule has 1 unspecified atom stereocenters. The zero-order chi connectivity index (χ0) is 14.4. The second kappa shape index (κ2) is 7.04. The zero-order valence-electron chi connectivity index (χ0n) is 11.9. The van der Waals surface area contributed by atoms with Crippen molar-refractivity contribution >= 4 is 5.97 Å². The molecule has 0 amide bonds. The third-order valence-corrected chi connectivity index (χ3v) is 2.93. The lowest BCUT2D eigenvalue weighted by molar-refractivity contribution is -0.140. The van der Waals surface area contributed by atoms with E-state index in [4.69, 9.17) is 0 Å². The first kappa shape index (κ1) is 15.4. The van der Waals surface area contributed by atoms with Crippen molar-refractivity contribution in [1.82, 2.24) is 15.3 Å². The number of rotatable bonds is 6. The van der Waals surface area contributed by atoms with Gasteiger partial charge in [-0.15, -0.1) is 0 Å². The molecule has 19 heavy (non-hydrogen) atoms. The first-order chi connectivity index (χ1) is 8.95. The molecule has 6 heteroatoms. The highest BCUT2D eigenvalue weighted by atomic mass is 16.5. The normalized spacial score (nSPS) is 12.2. The molecule has 106 valence electrons. The summed E-state index contributed by atoms with van der Waals surface area (Å²) in [4.78, 5) is 29.8. The van der Waals surface area contributed by atoms with Gasteiger partial charge in [-0.25, -0.2) is 4.98 Å². The third kappa shape index (κ3) is 4.48. The third-order valence-electron chi connectivity index (χ3n) is 2.93. The highest BCUT2D eigenvalue weighted by Crippen LogP contribution is 2.10. The van der Waals surface area contributed by atoms with Crippen LogP contribution >= 0.6 is 0 Å². The van der Waals surface area contributed by atoms with Gasteiger partial charge >= 0.3 is 5.97 Å². The molecule has 6 nitrogen and oxygen atoms in total. The van der Waals surface area contributed by atoms with Crippen LogP contribution in [-0.2, 0) is 9.53 Å². The summed E-state index contributed by atoms with van der Waals surface area (Å²) in [5.74, 6) is 0.393. The minimum absolute atomic E-state index is 0.102. The molecule has 0 saturated heterocycles. The maximum Gasteiger partial charge on any atom is 0.305 e. The molecule has 0 aromatic carbocycles. The minimum atomic E-state index is -0.222. The predicted octanol–water partition coefficient (Wildman–Crippen LogP) is 0.991. The Hall–Kier alpha value is -1.69. The van der Waals surface area contributed by atoms with Crippen LogP contribution in [0.4, 0.5) is 0 Å². The highest BCUT2D eigenvalue weighted by molar-refractivity contribution is 5.69. The number of H-pyrrole nitrogens is 1. The van der Waals surface area contributed by atoms with E-state index in [1.807, 2.05) is 13.8 Å². The summed E-state index contributed by atoms with van der Waals surface area (Å²) in [6, 6.07) is -0.102. The molecule has 0 spiro atoms. The lowest BCUT2D eigenvalue weighted by Crippen LogP contribution is -2.28. The maximum absolute atomic E-state index is 11.9. The number of aromatic nitrogens is 2. The van der Waals surface area contributed by atoms with Crippen molar-refractivity contribution in [3.8, 4) is 0 Å². The molecule has 1 heterocycles. The monoisotopic (exact) mass is 267 g/mol. The number of nitrogens with one attached hydrogen (secondary N) is 2. The number of hydrogen-bond donors (Lipinski definition) is 2. The van der Waals surface area contributed by atoms with Crippen LogP contribution in [0.3, 0.4) is 0 Å². The van der Waals surface area contributed by atoms with Gasteiger partial charge in [-0.1, -0.05) is 0 Å². The van der Waals surface area contributed by atoms with Crippen LogP contribution in [0.2, 0.25) is 0 Å². The van der Waals surface area contributed by atoms with Crippen LogP contribution in [-0.4, -0.2) is 29.6 Å². The van der Waals surface area contributed by atoms with E-state index in [0.29, 0.717) is 30.8 Å². The van der Waals surface area contributed by atoms with Gasteiger partial charge in [0.25, 0.3) is 5.56 Å². The molecule has 2 N–H and O–H groups in total. The smallest absolute Gasteiger partial charge is 0.305 e. The van der Waals surface area contributed by atoms with Crippen LogP contribution in [0, 0.1) is 13.8 Å². The lowest BCUT2D eigenvalue weighted by atomic mass is 10.1. The average Bonchev–Trinajstić information content (AvgIpc) is 2.33. The number of esters is 1. The molecule has 0 aliphatic carbocycles. The van der Waals surface area contributed by atoms with E-state index in [2.05, 4.69) is 20.0 Å². The number of methoxy groups -OCH3 is 1. The first-order valence-electron chi connectivity index (χ1n) is 6.33. The van der Waals surface area contributed by atoms with Crippen molar-refractivity contribution in [3.05, 3.63) is 27.4 Å². The van der Waals surface area contributed by atoms with E-state index in [9.17, 15) is 9.59 Å². The summed E-state index contributed by atoms with van der Waals surface area (Å²) >= 11 is 0. The minimum Gasteiger partial charge on any atom is -0.469 e. The van der Waals surface area contributed by atoms with E-state index < -0.39 is 0 Å². The summed E-state index contributed by atoms with van der Waals surface area (Å²) in [6.07, 6.45) is 1.05. The van der Waals surface area contributed by atoms with Crippen LogP contribution < -0.4 is 10.9 Å². The summed E-state index contributed by atoms with van der Waals surface area (Å²) in [7, 11) is 1.37.